The van der Waals surface area contributed by atoms with E-state index < -0.39 is 35.4 Å². The average Bonchev–Trinajstić information content (AvgIpc) is 3.39. The monoisotopic (exact) mass is 576 g/mol. The molecule has 210 valence electrons. The highest BCUT2D eigenvalue weighted by Gasteiger charge is 2.38. The number of fused-ring (bicyclic) bond motifs is 2. The SMILES string of the molecule is COC(=O)C1=C(C)N=c2s/c(=C3\C(=O)N(CC(N)=O)c4ccccc43)c(=O)n2[C@H]1c1ccc(OC(C)=O)c(OC)c1. The number of aromatic nitrogens is 1. The number of thiazole rings is 1. The second kappa shape index (κ2) is 10.5. The second-order valence-corrected chi connectivity index (χ2v) is 10.1. The Morgan fingerprint density at radius 2 is 1.80 bits per heavy atom. The molecule has 0 radical (unpaired) electrons. The molecule has 1 atom stereocenters. The van der Waals surface area contributed by atoms with Crippen molar-refractivity contribution < 1.29 is 33.4 Å². The van der Waals surface area contributed by atoms with E-state index in [0.717, 1.165) is 11.3 Å². The van der Waals surface area contributed by atoms with Crippen LogP contribution in [0.2, 0.25) is 0 Å². The molecule has 13 heteroatoms. The number of para-hydroxylation sites is 1. The van der Waals surface area contributed by atoms with Crippen molar-refractivity contribution in [1.82, 2.24) is 4.57 Å². The lowest BCUT2D eigenvalue weighted by Gasteiger charge is -2.25. The van der Waals surface area contributed by atoms with Crippen molar-refractivity contribution >= 4 is 46.4 Å². The number of anilines is 1. The molecule has 0 fully saturated rings. The van der Waals surface area contributed by atoms with Crippen LogP contribution in [0.25, 0.3) is 5.57 Å². The van der Waals surface area contributed by atoms with Crippen molar-refractivity contribution in [2.75, 3.05) is 25.7 Å². The molecule has 41 heavy (non-hydrogen) atoms. The van der Waals surface area contributed by atoms with Gasteiger partial charge < -0.3 is 19.9 Å². The molecule has 0 saturated carbocycles. The van der Waals surface area contributed by atoms with Crippen LogP contribution in [0, 0.1) is 0 Å². The normalized spacial score (nSPS) is 17.0. The third-order valence-electron chi connectivity index (χ3n) is 6.62. The van der Waals surface area contributed by atoms with Crippen LogP contribution in [0.15, 0.2) is 63.5 Å². The maximum atomic E-state index is 14.2. The van der Waals surface area contributed by atoms with Gasteiger partial charge in [-0.3, -0.25) is 28.6 Å². The van der Waals surface area contributed by atoms with Crippen molar-refractivity contribution in [3.05, 3.63) is 84.5 Å². The van der Waals surface area contributed by atoms with Crippen molar-refractivity contribution in [1.29, 1.82) is 0 Å². The van der Waals surface area contributed by atoms with Crippen molar-refractivity contribution in [2.45, 2.75) is 19.9 Å². The van der Waals surface area contributed by atoms with Gasteiger partial charge in [0.05, 0.1) is 42.8 Å². The first-order valence-electron chi connectivity index (χ1n) is 12.3. The van der Waals surface area contributed by atoms with E-state index in [4.69, 9.17) is 19.9 Å². The zero-order chi connectivity index (χ0) is 29.6. The molecule has 3 aromatic rings. The highest BCUT2D eigenvalue weighted by molar-refractivity contribution is 7.07. The third-order valence-corrected chi connectivity index (χ3v) is 7.68. The number of esters is 2. The molecular weight excluding hydrogens is 552 g/mol. The minimum atomic E-state index is -1.01. The molecule has 0 aliphatic carbocycles. The number of hydrogen-bond acceptors (Lipinski definition) is 10. The predicted molar refractivity (Wildman–Crippen MR) is 147 cm³/mol. The number of allylic oxidation sites excluding steroid dienone is 1. The fraction of sp³-hybridized carbons (Fsp3) is 0.214. The first kappa shape index (κ1) is 27.5. The number of carbonyl (C=O) groups excluding carboxylic acids is 4. The zero-order valence-corrected chi connectivity index (χ0v) is 23.2. The number of nitrogens with zero attached hydrogens (tertiary/aromatic N) is 3. The standard InChI is InChI=1S/C28H24N4O8S/c1-13-21(27(37)39-4)23(15-9-10-18(40-14(2)33)19(11-15)38-3)32-26(36)24(41-28(32)30-13)22-16-7-5-6-8-17(16)31(25(22)35)12-20(29)34/h5-11,23H,12H2,1-4H3,(H2,29,34)/b24-22-/t23-/m0/s1. The molecule has 2 aliphatic heterocycles. The van der Waals surface area contributed by atoms with E-state index in [1.54, 1.807) is 43.3 Å². The Morgan fingerprint density at radius 3 is 2.46 bits per heavy atom. The van der Waals surface area contributed by atoms with Crippen molar-refractivity contribution in [2.24, 2.45) is 10.7 Å². The van der Waals surface area contributed by atoms with Gasteiger partial charge in [-0.15, -0.1) is 0 Å². The first-order valence-corrected chi connectivity index (χ1v) is 13.1. The smallest absolute Gasteiger partial charge is 0.338 e. The predicted octanol–water partition coefficient (Wildman–Crippen LogP) is 0.544. The van der Waals surface area contributed by atoms with Gasteiger partial charge in [-0.2, -0.15) is 0 Å². The molecule has 1 aromatic heterocycles. The summed E-state index contributed by atoms with van der Waals surface area (Å²) in [6.07, 6.45) is 0. The van der Waals surface area contributed by atoms with E-state index in [-0.39, 0.29) is 38.5 Å². The molecule has 2 N–H and O–H groups in total. The molecule has 12 nitrogen and oxygen atoms in total. The van der Waals surface area contributed by atoms with Crippen LogP contribution < -0.4 is 35.0 Å². The number of benzene rings is 2. The number of rotatable bonds is 6. The van der Waals surface area contributed by atoms with Crippen LogP contribution in [0.4, 0.5) is 5.69 Å². The molecule has 0 saturated heterocycles. The van der Waals surface area contributed by atoms with Crippen LogP contribution in [0.5, 0.6) is 11.5 Å². The van der Waals surface area contributed by atoms with Gasteiger partial charge in [-0.1, -0.05) is 35.6 Å². The van der Waals surface area contributed by atoms with Crippen molar-refractivity contribution in [3.8, 4) is 11.5 Å². The van der Waals surface area contributed by atoms with E-state index >= 15 is 0 Å². The fourth-order valence-corrected chi connectivity index (χ4v) is 6.10. The van der Waals surface area contributed by atoms with Crippen LogP contribution >= 0.6 is 11.3 Å². The van der Waals surface area contributed by atoms with Crippen molar-refractivity contribution in [3.63, 3.8) is 0 Å². The molecule has 0 bridgehead atoms. The van der Waals surface area contributed by atoms with Gasteiger partial charge in [-0.05, 0) is 30.7 Å². The minimum Gasteiger partial charge on any atom is -0.493 e. The largest absolute Gasteiger partial charge is 0.493 e. The van der Waals surface area contributed by atoms with Crippen LogP contribution in [-0.4, -0.2) is 49.1 Å². The summed E-state index contributed by atoms with van der Waals surface area (Å²) < 4.78 is 17.1. The molecule has 2 amide bonds. The quantitative estimate of drug-likeness (QED) is 0.329. The van der Waals surface area contributed by atoms with Gasteiger partial charge in [-0.25, -0.2) is 9.79 Å². The van der Waals surface area contributed by atoms with E-state index in [0.29, 0.717) is 22.5 Å². The Labute approximate surface area is 236 Å². The van der Waals surface area contributed by atoms with Crippen LogP contribution in [0.3, 0.4) is 0 Å². The molecule has 2 aromatic carbocycles. The number of primary amides is 1. The topological polar surface area (TPSA) is 160 Å². The van der Waals surface area contributed by atoms with Gasteiger partial charge in [0, 0.05) is 12.5 Å². The van der Waals surface area contributed by atoms with E-state index in [1.807, 2.05) is 0 Å². The number of carbonyl (C=O) groups is 4. The maximum absolute atomic E-state index is 14.2. The lowest BCUT2D eigenvalue weighted by molar-refractivity contribution is -0.136. The lowest BCUT2D eigenvalue weighted by atomic mass is 9.95. The Morgan fingerprint density at radius 1 is 1.07 bits per heavy atom. The molecule has 0 spiro atoms. The maximum Gasteiger partial charge on any atom is 0.338 e. The minimum absolute atomic E-state index is 0.0839. The fourth-order valence-electron chi connectivity index (χ4n) is 4.96. The highest BCUT2D eigenvalue weighted by Crippen LogP contribution is 2.37. The Kier molecular flexibility index (Phi) is 7.05. The summed E-state index contributed by atoms with van der Waals surface area (Å²) in [5, 5.41) is 0. The summed E-state index contributed by atoms with van der Waals surface area (Å²) in [4.78, 5) is 70.0. The van der Waals surface area contributed by atoms with Gasteiger partial charge in [0.15, 0.2) is 16.3 Å². The summed E-state index contributed by atoms with van der Waals surface area (Å²) >= 11 is 0.989. The van der Waals surface area contributed by atoms with Gasteiger partial charge in [0.2, 0.25) is 5.91 Å². The first-order chi connectivity index (χ1) is 19.6. The summed E-state index contributed by atoms with van der Waals surface area (Å²) in [5.41, 5.74) is 6.71. The molecule has 0 unspecified atom stereocenters. The number of amides is 2. The summed E-state index contributed by atoms with van der Waals surface area (Å²) in [6.45, 7) is 2.51. The third kappa shape index (κ3) is 4.59. The number of ether oxygens (including phenoxy) is 3. The van der Waals surface area contributed by atoms with Gasteiger partial charge in [0.25, 0.3) is 11.5 Å². The Hall–Kier alpha value is -5.04. The summed E-state index contributed by atoms with van der Waals surface area (Å²) in [7, 11) is 2.61. The molecule has 2 aliphatic rings. The summed E-state index contributed by atoms with van der Waals surface area (Å²) in [5.74, 6) is -2.16. The van der Waals surface area contributed by atoms with Crippen LogP contribution in [0.1, 0.15) is 31.0 Å². The highest BCUT2D eigenvalue weighted by atomic mass is 32.1. The number of methoxy groups -OCH3 is 2. The second-order valence-electron chi connectivity index (χ2n) is 9.15. The van der Waals surface area contributed by atoms with E-state index in [9.17, 15) is 24.0 Å². The summed E-state index contributed by atoms with van der Waals surface area (Å²) in [6, 6.07) is 10.4. The Balaban J connectivity index is 1.79. The average molecular weight is 577 g/mol. The molecule has 3 heterocycles. The number of nitrogens with two attached hydrogens (primary N) is 1. The molecular formula is C28H24N4O8S. The lowest BCUT2D eigenvalue weighted by Crippen LogP contribution is -2.41. The van der Waals surface area contributed by atoms with Gasteiger partial charge in [0.1, 0.15) is 11.1 Å². The van der Waals surface area contributed by atoms with Gasteiger partial charge >= 0.3 is 11.9 Å². The van der Waals surface area contributed by atoms with Crippen LogP contribution in [-0.2, 0) is 23.9 Å². The van der Waals surface area contributed by atoms with E-state index in [2.05, 4.69) is 4.99 Å². The van der Waals surface area contributed by atoms with E-state index in [1.165, 1.54) is 36.7 Å². The molecule has 5 rings (SSSR count). The Bertz CT molecular complexity index is 1870. The number of hydrogen-bond donors (Lipinski definition) is 1. The zero-order valence-electron chi connectivity index (χ0n) is 22.4.